The van der Waals surface area contributed by atoms with Crippen molar-refractivity contribution in [3.63, 3.8) is 0 Å². The average Bonchev–Trinajstić information content (AvgIpc) is 2.80. The van der Waals surface area contributed by atoms with Crippen LogP contribution in [0.3, 0.4) is 0 Å². The number of hydrogen-bond donors (Lipinski definition) is 3. The molecule has 194 valence electrons. The second-order valence-corrected chi connectivity index (χ2v) is 9.35. The number of carbonyl (C=O) groups excluding carboxylic acids is 1. The first-order chi connectivity index (χ1) is 15.7. The molecule has 1 aliphatic rings. The van der Waals surface area contributed by atoms with Crippen LogP contribution in [0.2, 0.25) is 0 Å². The molecule has 7 nitrogen and oxygen atoms in total. The number of carboxylic acids is 1. The monoisotopic (exact) mass is 524 g/mol. The molecule has 1 aromatic carbocycles. The third-order valence-corrected chi connectivity index (χ3v) is 6.50. The molecule has 1 fully saturated rings. The van der Waals surface area contributed by atoms with Crippen LogP contribution in [0.25, 0.3) is 11.1 Å². The van der Waals surface area contributed by atoms with Gasteiger partial charge in [-0.3, -0.25) is 14.6 Å². The van der Waals surface area contributed by atoms with E-state index in [1.54, 1.807) is 4.90 Å². The number of halogens is 2. The molecule has 1 amide bonds. The average molecular weight is 526 g/mol. The number of carbonyl (C=O) groups is 2. The fourth-order valence-corrected chi connectivity index (χ4v) is 4.63. The van der Waals surface area contributed by atoms with Gasteiger partial charge in [0.15, 0.2) is 0 Å². The Bertz CT molecular complexity index is 1000. The van der Waals surface area contributed by atoms with Gasteiger partial charge in [0.2, 0.25) is 5.91 Å². The number of nitrogens with zero attached hydrogens (tertiary/aromatic N) is 2. The molecule has 0 radical (unpaired) electrons. The Kier molecular flexibility index (Phi) is 12.1. The molecule has 35 heavy (non-hydrogen) atoms. The Morgan fingerprint density at radius 2 is 1.66 bits per heavy atom. The highest BCUT2D eigenvalue weighted by atomic mass is 35.5. The van der Waals surface area contributed by atoms with Crippen molar-refractivity contribution < 1.29 is 14.7 Å². The molecule has 0 bridgehead atoms. The molecular weight excluding hydrogens is 487 g/mol. The van der Waals surface area contributed by atoms with E-state index in [-0.39, 0.29) is 43.1 Å². The van der Waals surface area contributed by atoms with Gasteiger partial charge in [-0.15, -0.1) is 24.8 Å². The number of pyridine rings is 1. The molecule has 0 aliphatic carbocycles. The Balaban J connectivity index is 0.00000306. The fourth-order valence-electron chi connectivity index (χ4n) is 4.63. The number of piperidine rings is 1. The lowest BCUT2D eigenvalue weighted by Gasteiger charge is -2.31. The number of likely N-dealkylation sites (tertiary alicyclic amines) is 1. The Hall–Kier alpha value is -2.19. The summed E-state index contributed by atoms with van der Waals surface area (Å²) in [6.45, 7) is 8.03. The van der Waals surface area contributed by atoms with Crippen LogP contribution in [0.15, 0.2) is 24.3 Å². The fraction of sp³-hybridized carbons (Fsp3) is 0.500. The lowest BCUT2D eigenvalue weighted by Crippen LogP contribution is -2.41. The second-order valence-electron chi connectivity index (χ2n) is 9.35. The summed E-state index contributed by atoms with van der Waals surface area (Å²) in [6.07, 6.45) is 2.03. The molecule has 1 aliphatic heterocycles. The van der Waals surface area contributed by atoms with Crippen molar-refractivity contribution in [1.29, 1.82) is 0 Å². The Morgan fingerprint density at radius 3 is 2.14 bits per heavy atom. The van der Waals surface area contributed by atoms with Crippen molar-refractivity contribution in [3.8, 4) is 11.1 Å². The van der Waals surface area contributed by atoms with Crippen LogP contribution in [-0.4, -0.2) is 40.0 Å². The number of hydrogen-bond acceptors (Lipinski definition) is 5. The molecule has 0 saturated carbocycles. The number of benzene rings is 1. The van der Waals surface area contributed by atoms with Crippen molar-refractivity contribution in [2.24, 2.45) is 23.3 Å². The zero-order chi connectivity index (χ0) is 24.1. The van der Waals surface area contributed by atoms with Gasteiger partial charge in [-0.1, -0.05) is 38.1 Å². The summed E-state index contributed by atoms with van der Waals surface area (Å²) in [5, 5.41) is 9.25. The molecule has 0 unspecified atom stereocenters. The number of aryl methyl sites for hydroxylation is 1. The van der Waals surface area contributed by atoms with Crippen LogP contribution in [0, 0.1) is 18.8 Å². The molecule has 1 saturated heterocycles. The van der Waals surface area contributed by atoms with E-state index in [9.17, 15) is 14.7 Å². The van der Waals surface area contributed by atoms with Gasteiger partial charge in [0, 0.05) is 37.6 Å². The highest BCUT2D eigenvalue weighted by Crippen LogP contribution is 2.33. The number of nitrogens with two attached hydrogens (primary N) is 2. The van der Waals surface area contributed by atoms with E-state index >= 15 is 0 Å². The van der Waals surface area contributed by atoms with Gasteiger partial charge < -0.3 is 21.5 Å². The van der Waals surface area contributed by atoms with Gasteiger partial charge in [-0.05, 0) is 59.9 Å². The van der Waals surface area contributed by atoms with Crippen molar-refractivity contribution in [1.82, 2.24) is 9.88 Å². The number of aromatic nitrogens is 1. The first-order valence-corrected chi connectivity index (χ1v) is 11.8. The van der Waals surface area contributed by atoms with Crippen LogP contribution in [0.5, 0.6) is 0 Å². The van der Waals surface area contributed by atoms with E-state index in [1.807, 2.05) is 31.2 Å². The molecule has 2 aromatic rings. The molecule has 0 atom stereocenters. The van der Waals surface area contributed by atoms with Crippen LogP contribution < -0.4 is 11.5 Å². The lowest BCUT2D eigenvalue weighted by atomic mass is 9.88. The van der Waals surface area contributed by atoms with Gasteiger partial charge in [-0.25, -0.2) is 0 Å². The third-order valence-electron chi connectivity index (χ3n) is 6.50. The number of amides is 1. The number of aliphatic carboxylic acids is 1. The minimum Gasteiger partial charge on any atom is -0.481 e. The summed E-state index contributed by atoms with van der Waals surface area (Å²) >= 11 is 0. The van der Waals surface area contributed by atoms with Gasteiger partial charge in [-0.2, -0.15) is 0 Å². The Morgan fingerprint density at radius 1 is 1.06 bits per heavy atom. The highest BCUT2D eigenvalue weighted by molar-refractivity contribution is 5.86. The number of carboxylic acid groups (broad SMARTS) is 1. The summed E-state index contributed by atoms with van der Waals surface area (Å²) in [4.78, 5) is 31.2. The van der Waals surface area contributed by atoms with Crippen molar-refractivity contribution in [3.05, 3.63) is 52.3 Å². The third kappa shape index (κ3) is 7.40. The largest absolute Gasteiger partial charge is 0.481 e. The molecule has 9 heteroatoms. The van der Waals surface area contributed by atoms with Gasteiger partial charge >= 0.3 is 5.97 Å². The summed E-state index contributed by atoms with van der Waals surface area (Å²) in [6, 6.07) is 8.11. The maximum absolute atomic E-state index is 13.2. The summed E-state index contributed by atoms with van der Waals surface area (Å²) < 4.78 is 0. The van der Waals surface area contributed by atoms with E-state index in [4.69, 9.17) is 16.5 Å². The smallest absolute Gasteiger partial charge is 0.306 e. The van der Waals surface area contributed by atoms with Crippen LogP contribution in [0.1, 0.15) is 54.8 Å². The first kappa shape index (κ1) is 30.8. The highest BCUT2D eigenvalue weighted by Gasteiger charge is 2.28. The van der Waals surface area contributed by atoms with E-state index < -0.39 is 5.97 Å². The quantitative estimate of drug-likeness (QED) is 0.481. The maximum Gasteiger partial charge on any atom is 0.306 e. The standard InChI is InChI=1S/C26H36N4O3.2ClH/c1-16(2)12-23-22(15-28)25(19-6-4-18(14-27)5-7-19)21(17(3)29-23)13-24(31)30-10-8-20(9-11-30)26(32)33;;/h4-7,16,20H,8-15,27-28H2,1-3H3,(H,32,33);2*1H. The van der Waals surface area contributed by atoms with E-state index in [0.29, 0.717) is 44.9 Å². The zero-order valence-corrected chi connectivity index (χ0v) is 22.4. The molecule has 5 N–H and O–H groups in total. The Labute approximate surface area is 220 Å². The number of rotatable bonds is 8. The van der Waals surface area contributed by atoms with E-state index in [2.05, 4.69) is 13.8 Å². The zero-order valence-electron chi connectivity index (χ0n) is 20.8. The van der Waals surface area contributed by atoms with Gasteiger partial charge in [0.25, 0.3) is 0 Å². The summed E-state index contributed by atoms with van der Waals surface area (Å²) in [5.74, 6) is -0.715. The van der Waals surface area contributed by atoms with Crippen LogP contribution in [0.4, 0.5) is 0 Å². The minimum absolute atomic E-state index is 0. The van der Waals surface area contributed by atoms with Crippen LogP contribution in [-0.2, 0) is 35.5 Å². The molecular formula is C26H38Cl2N4O3. The van der Waals surface area contributed by atoms with Crippen LogP contribution >= 0.6 is 24.8 Å². The first-order valence-electron chi connectivity index (χ1n) is 11.8. The molecule has 1 aromatic heterocycles. The molecule has 0 spiro atoms. The van der Waals surface area contributed by atoms with Gasteiger partial charge in [0.05, 0.1) is 12.3 Å². The topological polar surface area (TPSA) is 123 Å². The summed E-state index contributed by atoms with van der Waals surface area (Å²) in [7, 11) is 0. The maximum atomic E-state index is 13.2. The second kappa shape index (κ2) is 13.8. The van der Waals surface area contributed by atoms with Crippen molar-refractivity contribution >= 4 is 36.7 Å². The lowest BCUT2D eigenvalue weighted by molar-refractivity contribution is -0.145. The van der Waals surface area contributed by atoms with E-state index in [1.165, 1.54) is 0 Å². The molecule has 2 heterocycles. The predicted molar refractivity (Wildman–Crippen MR) is 144 cm³/mol. The van der Waals surface area contributed by atoms with Crippen molar-refractivity contribution in [2.75, 3.05) is 13.1 Å². The normalized spacial score (nSPS) is 13.8. The van der Waals surface area contributed by atoms with E-state index in [0.717, 1.165) is 45.6 Å². The SMILES string of the molecule is Cc1nc(CC(C)C)c(CN)c(-c2ccc(CN)cc2)c1CC(=O)N1CCC(C(=O)O)CC1.Cl.Cl. The molecule has 3 rings (SSSR count). The summed E-state index contributed by atoms with van der Waals surface area (Å²) in [5.41, 5.74) is 18.8. The van der Waals surface area contributed by atoms with Gasteiger partial charge in [0.1, 0.15) is 0 Å². The predicted octanol–water partition coefficient (Wildman–Crippen LogP) is 3.88. The minimum atomic E-state index is -0.779. The van der Waals surface area contributed by atoms with Crippen molar-refractivity contribution in [2.45, 2.75) is 59.5 Å².